The molecule has 1 unspecified atom stereocenters. The van der Waals surface area contributed by atoms with Crippen molar-refractivity contribution in [2.24, 2.45) is 4.99 Å². The zero-order valence-electron chi connectivity index (χ0n) is 9.29. The molecule has 0 saturated heterocycles. The van der Waals surface area contributed by atoms with E-state index in [1.807, 2.05) is 13.3 Å². The predicted octanol–water partition coefficient (Wildman–Crippen LogP) is 0.555. The first-order valence-electron chi connectivity index (χ1n) is 5.37. The van der Waals surface area contributed by atoms with Crippen molar-refractivity contribution in [1.82, 2.24) is 10.2 Å². The van der Waals surface area contributed by atoms with Crippen LogP contribution < -0.4 is 5.32 Å². The lowest BCUT2D eigenvalue weighted by atomic mass is 10.0. The summed E-state index contributed by atoms with van der Waals surface area (Å²) in [5, 5.41) is 3.36. The summed E-state index contributed by atoms with van der Waals surface area (Å²) >= 11 is 0. The highest BCUT2D eigenvalue weighted by Crippen LogP contribution is 2.22. The Morgan fingerprint density at radius 3 is 3.20 bits per heavy atom. The maximum Gasteiger partial charge on any atom is 0.147 e. The number of carbonyl (C=O) groups excluding carboxylic acids is 1. The molecule has 4 heteroatoms. The lowest BCUT2D eigenvalue weighted by Crippen LogP contribution is -2.43. The van der Waals surface area contributed by atoms with E-state index in [0.717, 1.165) is 37.3 Å². The van der Waals surface area contributed by atoms with Gasteiger partial charge in [0.2, 0.25) is 0 Å². The van der Waals surface area contributed by atoms with E-state index in [4.69, 9.17) is 0 Å². The topological polar surface area (TPSA) is 44.7 Å². The van der Waals surface area contributed by atoms with Gasteiger partial charge >= 0.3 is 0 Å². The van der Waals surface area contributed by atoms with E-state index in [1.54, 1.807) is 6.92 Å². The number of ketones is 1. The summed E-state index contributed by atoms with van der Waals surface area (Å²) in [6.45, 7) is 3.35. The minimum Gasteiger partial charge on any atom is -0.386 e. The van der Waals surface area contributed by atoms with Gasteiger partial charge in [-0.3, -0.25) is 14.7 Å². The van der Waals surface area contributed by atoms with Crippen LogP contribution in [0.15, 0.2) is 16.4 Å². The number of hydrogen-bond donors (Lipinski definition) is 1. The Balaban J connectivity index is 2.22. The van der Waals surface area contributed by atoms with E-state index in [-0.39, 0.29) is 11.8 Å². The summed E-state index contributed by atoms with van der Waals surface area (Å²) in [4.78, 5) is 17.9. The molecule has 0 aromatic heterocycles. The highest BCUT2D eigenvalue weighted by molar-refractivity contribution is 5.82. The SMILES string of the molecule is CC(=O)C1CC2=C(CN1C)N=CCCN2. The molecule has 0 radical (unpaired) electrons. The molecule has 0 aromatic carbocycles. The van der Waals surface area contributed by atoms with E-state index in [2.05, 4.69) is 15.2 Å². The molecular formula is C11H17N3O. The van der Waals surface area contributed by atoms with Gasteiger partial charge in [-0.1, -0.05) is 0 Å². The molecule has 15 heavy (non-hydrogen) atoms. The molecule has 1 N–H and O–H groups in total. The number of nitrogens with one attached hydrogen (secondary N) is 1. The third-order valence-electron chi connectivity index (χ3n) is 3.01. The lowest BCUT2D eigenvalue weighted by Gasteiger charge is -2.32. The van der Waals surface area contributed by atoms with Crippen molar-refractivity contribution in [1.29, 1.82) is 0 Å². The Labute approximate surface area is 90.1 Å². The van der Waals surface area contributed by atoms with E-state index in [1.165, 1.54) is 0 Å². The van der Waals surface area contributed by atoms with Crippen LogP contribution in [0.5, 0.6) is 0 Å². The third kappa shape index (κ3) is 2.09. The van der Waals surface area contributed by atoms with Gasteiger partial charge < -0.3 is 5.32 Å². The molecule has 82 valence electrons. The van der Waals surface area contributed by atoms with Gasteiger partial charge in [-0.2, -0.15) is 0 Å². The molecule has 0 amide bonds. The van der Waals surface area contributed by atoms with Crippen molar-refractivity contribution >= 4 is 12.0 Å². The van der Waals surface area contributed by atoms with E-state index < -0.39 is 0 Å². The first kappa shape index (κ1) is 10.4. The van der Waals surface area contributed by atoms with Gasteiger partial charge in [0, 0.05) is 37.8 Å². The van der Waals surface area contributed by atoms with E-state index in [9.17, 15) is 4.79 Å². The molecule has 0 spiro atoms. The molecule has 2 heterocycles. The molecule has 2 rings (SSSR count). The van der Waals surface area contributed by atoms with E-state index in [0.29, 0.717) is 0 Å². The first-order chi connectivity index (χ1) is 7.18. The van der Waals surface area contributed by atoms with Crippen LogP contribution in [0.1, 0.15) is 19.8 Å². The average Bonchev–Trinajstić information content (AvgIpc) is 2.40. The molecule has 2 aliphatic rings. The smallest absolute Gasteiger partial charge is 0.147 e. The molecule has 0 bridgehead atoms. The summed E-state index contributed by atoms with van der Waals surface area (Å²) < 4.78 is 0. The molecule has 2 aliphatic heterocycles. The summed E-state index contributed by atoms with van der Waals surface area (Å²) in [6.07, 6.45) is 3.69. The second-order valence-electron chi connectivity index (χ2n) is 4.20. The second kappa shape index (κ2) is 4.14. The van der Waals surface area contributed by atoms with Crippen LogP contribution in [0, 0.1) is 0 Å². The number of rotatable bonds is 1. The van der Waals surface area contributed by atoms with Crippen molar-refractivity contribution in [2.75, 3.05) is 20.1 Å². The molecule has 0 aromatic rings. The first-order valence-corrected chi connectivity index (χ1v) is 5.37. The number of hydrogen-bond acceptors (Lipinski definition) is 4. The van der Waals surface area contributed by atoms with Crippen molar-refractivity contribution in [2.45, 2.75) is 25.8 Å². The zero-order chi connectivity index (χ0) is 10.8. The molecule has 4 nitrogen and oxygen atoms in total. The van der Waals surface area contributed by atoms with Gasteiger partial charge in [0.05, 0.1) is 11.7 Å². The Morgan fingerprint density at radius 1 is 1.67 bits per heavy atom. The highest BCUT2D eigenvalue weighted by Gasteiger charge is 2.28. The van der Waals surface area contributed by atoms with Crippen LogP contribution >= 0.6 is 0 Å². The summed E-state index contributed by atoms with van der Waals surface area (Å²) in [5.74, 6) is 0.235. The van der Waals surface area contributed by atoms with Crippen molar-refractivity contribution in [3.05, 3.63) is 11.4 Å². The van der Waals surface area contributed by atoms with Gasteiger partial charge in [-0.25, -0.2) is 0 Å². The lowest BCUT2D eigenvalue weighted by molar-refractivity contribution is -0.121. The maximum absolute atomic E-state index is 11.4. The fourth-order valence-electron chi connectivity index (χ4n) is 2.12. The molecule has 0 saturated carbocycles. The summed E-state index contributed by atoms with van der Waals surface area (Å²) in [5.41, 5.74) is 2.24. The van der Waals surface area contributed by atoms with Crippen LogP contribution in [-0.4, -0.2) is 43.1 Å². The van der Waals surface area contributed by atoms with Gasteiger partial charge in [0.25, 0.3) is 0 Å². The Morgan fingerprint density at radius 2 is 2.47 bits per heavy atom. The van der Waals surface area contributed by atoms with Crippen LogP contribution in [0.2, 0.25) is 0 Å². The van der Waals surface area contributed by atoms with Gasteiger partial charge in [-0.15, -0.1) is 0 Å². The van der Waals surface area contributed by atoms with Crippen LogP contribution in [0.3, 0.4) is 0 Å². The monoisotopic (exact) mass is 207 g/mol. The fraction of sp³-hybridized carbons (Fsp3) is 0.636. The fourth-order valence-corrected chi connectivity index (χ4v) is 2.12. The number of aliphatic imine (C=N–C) groups is 1. The quantitative estimate of drug-likeness (QED) is 0.683. The standard InChI is InChI=1S/C11H17N3O/c1-8(15)11-6-9-10(7-14(11)2)13-5-3-4-12-9/h5,11-12H,3-4,6-7H2,1-2H3. The van der Waals surface area contributed by atoms with Gasteiger partial charge in [0.1, 0.15) is 5.78 Å². The summed E-state index contributed by atoms with van der Waals surface area (Å²) in [7, 11) is 1.98. The average molecular weight is 207 g/mol. The summed E-state index contributed by atoms with van der Waals surface area (Å²) in [6, 6.07) is 0.0181. The van der Waals surface area contributed by atoms with E-state index >= 15 is 0 Å². The Hall–Kier alpha value is -1.16. The number of carbonyl (C=O) groups is 1. The van der Waals surface area contributed by atoms with Crippen molar-refractivity contribution < 1.29 is 4.79 Å². The minimum absolute atomic E-state index is 0.0181. The molecule has 0 fully saturated rings. The Bertz CT molecular complexity index is 333. The van der Waals surface area contributed by atoms with Gasteiger partial charge in [0.15, 0.2) is 0 Å². The van der Waals surface area contributed by atoms with Gasteiger partial charge in [-0.05, 0) is 14.0 Å². The molecule has 0 aliphatic carbocycles. The second-order valence-corrected chi connectivity index (χ2v) is 4.20. The normalized spacial score (nSPS) is 26.9. The molecular weight excluding hydrogens is 190 g/mol. The third-order valence-corrected chi connectivity index (χ3v) is 3.01. The van der Waals surface area contributed by atoms with Crippen LogP contribution in [-0.2, 0) is 4.79 Å². The predicted molar refractivity (Wildman–Crippen MR) is 59.9 cm³/mol. The number of likely N-dealkylation sites (N-methyl/N-ethyl adjacent to an activating group) is 1. The zero-order valence-corrected chi connectivity index (χ0v) is 9.29. The van der Waals surface area contributed by atoms with Crippen LogP contribution in [0.4, 0.5) is 0 Å². The van der Waals surface area contributed by atoms with Crippen LogP contribution in [0.25, 0.3) is 0 Å². The highest BCUT2D eigenvalue weighted by atomic mass is 16.1. The van der Waals surface area contributed by atoms with Crippen molar-refractivity contribution in [3.63, 3.8) is 0 Å². The number of Topliss-reactive ketones (excluding diaryl/α,β-unsaturated/α-hetero) is 1. The number of nitrogens with zero attached hydrogens (tertiary/aromatic N) is 2. The Kier molecular flexibility index (Phi) is 2.86. The maximum atomic E-state index is 11.4. The minimum atomic E-state index is 0.0181. The largest absolute Gasteiger partial charge is 0.386 e. The van der Waals surface area contributed by atoms with Crippen molar-refractivity contribution in [3.8, 4) is 0 Å². The molecule has 1 atom stereocenters.